The van der Waals surface area contributed by atoms with E-state index in [2.05, 4.69) is 10.6 Å². The van der Waals surface area contributed by atoms with Gasteiger partial charge in [0.05, 0.1) is 6.61 Å². The Balaban J connectivity index is 1.57. The SMILES string of the molecule is O=C(COCC1CCCNC1)NCc1ccccc1. The van der Waals surface area contributed by atoms with Gasteiger partial charge in [-0.3, -0.25) is 4.79 Å². The van der Waals surface area contributed by atoms with Gasteiger partial charge in [0.15, 0.2) is 0 Å². The van der Waals surface area contributed by atoms with Crippen LogP contribution in [0.25, 0.3) is 0 Å². The highest BCUT2D eigenvalue weighted by Crippen LogP contribution is 2.09. The Kier molecular flexibility index (Phi) is 5.85. The van der Waals surface area contributed by atoms with Crippen molar-refractivity contribution in [2.45, 2.75) is 19.4 Å². The van der Waals surface area contributed by atoms with E-state index in [1.807, 2.05) is 30.3 Å². The fraction of sp³-hybridized carbons (Fsp3) is 0.533. The quantitative estimate of drug-likeness (QED) is 0.813. The number of benzene rings is 1. The Bertz CT molecular complexity index is 375. The molecule has 1 heterocycles. The summed E-state index contributed by atoms with van der Waals surface area (Å²) in [6.45, 7) is 3.50. The lowest BCUT2D eigenvalue weighted by Gasteiger charge is -2.22. The van der Waals surface area contributed by atoms with Crippen molar-refractivity contribution in [2.75, 3.05) is 26.3 Å². The molecule has 2 rings (SSSR count). The summed E-state index contributed by atoms with van der Waals surface area (Å²) in [5.74, 6) is 0.503. The highest BCUT2D eigenvalue weighted by atomic mass is 16.5. The third-order valence-corrected chi connectivity index (χ3v) is 3.32. The Morgan fingerprint density at radius 2 is 2.21 bits per heavy atom. The maximum absolute atomic E-state index is 11.6. The molecule has 1 aromatic rings. The Hall–Kier alpha value is -1.39. The van der Waals surface area contributed by atoms with E-state index in [1.54, 1.807) is 0 Å². The van der Waals surface area contributed by atoms with E-state index >= 15 is 0 Å². The fourth-order valence-electron chi connectivity index (χ4n) is 2.23. The summed E-state index contributed by atoms with van der Waals surface area (Å²) >= 11 is 0. The Morgan fingerprint density at radius 1 is 1.37 bits per heavy atom. The molecule has 104 valence electrons. The van der Waals surface area contributed by atoms with E-state index < -0.39 is 0 Å². The van der Waals surface area contributed by atoms with E-state index in [4.69, 9.17) is 4.74 Å². The molecule has 1 aromatic carbocycles. The van der Waals surface area contributed by atoms with Crippen LogP contribution in [0, 0.1) is 5.92 Å². The third-order valence-electron chi connectivity index (χ3n) is 3.32. The van der Waals surface area contributed by atoms with Crippen molar-refractivity contribution in [3.05, 3.63) is 35.9 Å². The summed E-state index contributed by atoms with van der Waals surface area (Å²) in [4.78, 5) is 11.6. The summed E-state index contributed by atoms with van der Waals surface area (Å²) in [6.07, 6.45) is 2.40. The molecule has 4 heteroatoms. The van der Waals surface area contributed by atoms with Gasteiger partial charge in [-0.2, -0.15) is 0 Å². The number of carbonyl (C=O) groups excluding carboxylic acids is 1. The van der Waals surface area contributed by atoms with Gasteiger partial charge in [0.1, 0.15) is 6.61 Å². The second-order valence-corrected chi connectivity index (χ2v) is 4.99. The maximum atomic E-state index is 11.6. The van der Waals surface area contributed by atoms with Crippen LogP contribution in [0.15, 0.2) is 30.3 Å². The standard InChI is InChI=1S/C15H22N2O2/c18-15(17-10-13-5-2-1-3-6-13)12-19-11-14-7-4-8-16-9-14/h1-3,5-6,14,16H,4,7-12H2,(H,17,18). The van der Waals surface area contributed by atoms with Gasteiger partial charge in [-0.05, 0) is 30.9 Å². The van der Waals surface area contributed by atoms with Crippen LogP contribution in [0.5, 0.6) is 0 Å². The summed E-state index contributed by atoms with van der Waals surface area (Å²) in [5, 5.41) is 6.20. The number of hydrogen-bond acceptors (Lipinski definition) is 3. The highest BCUT2D eigenvalue weighted by molar-refractivity contribution is 5.77. The molecule has 0 aromatic heterocycles. The van der Waals surface area contributed by atoms with Crippen molar-refractivity contribution in [1.82, 2.24) is 10.6 Å². The van der Waals surface area contributed by atoms with Crippen LogP contribution in [-0.2, 0) is 16.1 Å². The molecule has 1 unspecified atom stereocenters. The number of amides is 1. The number of nitrogens with one attached hydrogen (secondary N) is 2. The zero-order valence-corrected chi connectivity index (χ0v) is 11.2. The molecule has 1 aliphatic rings. The van der Waals surface area contributed by atoms with Crippen molar-refractivity contribution < 1.29 is 9.53 Å². The first-order chi connectivity index (χ1) is 9.34. The van der Waals surface area contributed by atoms with Crippen LogP contribution in [-0.4, -0.2) is 32.2 Å². The maximum Gasteiger partial charge on any atom is 0.246 e. The summed E-state index contributed by atoms with van der Waals surface area (Å²) < 4.78 is 5.47. The average molecular weight is 262 g/mol. The van der Waals surface area contributed by atoms with Crippen LogP contribution < -0.4 is 10.6 Å². The molecular weight excluding hydrogens is 240 g/mol. The van der Waals surface area contributed by atoms with Gasteiger partial charge in [-0.1, -0.05) is 30.3 Å². The average Bonchev–Trinajstić information content (AvgIpc) is 2.47. The number of rotatable bonds is 6. The lowest BCUT2D eigenvalue weighted by atomic mass is 10.0. The summed E-state index contributed by atoms with van der Waals surface area (Å²) in [6, 6.07) is 9.89. The molecular formula is C15H22N2O2. The van der Waals surface area contributed by atoms with Gasteiger partial charge in [0.25, 0.3) is 0 Å². The smallest absolute Gasteiger partial charge is 0.246 e. The minimum absolute atomic E-state index is 0.0485. The molecule has 1 aliphatic heterocycles. The molecule has 19 heavy (non-hydrogen) atoms. The first-order valence-corrected chi connectivity index (χ1v) is 6.93. The molecule has 1 fully saturated rings. The van der Waals surface area contributed by atoms with Crippen molar-refractivity contribution in [1.29, 1.82) is 0 Å². The van der Waals surface area contributed by atoms with Gasteiger partial charge < -0.3 is 15.4 Å². The van der Waals surface area contributed by atoms with E-state index in [9.17, 15) is 4.79 Å². The van der Waals surface area contributed by atoms with Crippen LogP contribution >= 0.6 is 0 Å². The van der Waals surface area contributed by atoms with E-state index in [-0.39, 0.29) is 12.5 Å². The Labute approximate surface area is 114 Å². The normalized spacial score (nSPS) is 19.1. The second-order valence-electron chi connectivity index (χ2n) is 4.99. The van der Waals surface area contributed by atoms with Crippen molar-refractivity contribution >= 4 is 5.91 Å². The van der Waals surface area contributed by atoms with E-state index in [0.29, 0.717) is 19.1 Å². The molecule has 2 N–H and O–H groups in total. The van der Waals surface area contributed by atoms with Gasteiger partial charge in [0.2, 0.25) is 5.91 Å². The number of ether oxygens (including phenoxy) is 1. The van der Waals surface area contributed by atoms with E-state index in [0.717, 1.165) is 18.7 Å². The molecule has 4 nitrogen and oxygen atoms in total. The Morgan fingerprint density at radius 3 is 2.95 bits per heavy atom. The second kappa shape index (κ2) is 7.92. The lowest BCUT2D eigenvalue weighted by Crippen LogP contribution is -2.34. The van der Waals surface area contributed by atoms with Crippen LogP contribution in [0.1, 0.15) is 18.4 Å². The number of carbonyl (C=O) groups is 1. The van der Waals surface area contributed by atoms with Crippen LogP contribution in [0.3, 0.4) is 0 Å². The van der Waals surface area contributed by atoms with Gasteiger partial charge >= 0.3 is 0 Å². The minimum atomic E-state index is -0.0485. The van der Waals surface area contributed by atoms with Crippen LogP contribution in [0.2, 0.25) is 0 Å². The molecule has 1 amide bonds. The highest BCUT2D eigenvalue weighted by Gasteiger charge is 2.13. The lowest BCUT2D eigenvalue weighted by molar-refractivity contribution is -0.126. The summed E-state index contributed by atoms with van der Waals surface area (Å²) in [7, 11) is 0. The molecule has 0 bridgehead atoms. The monoisotopic (exact) mass is 262 g/mol. The predicted octanol–water partition coefficient (Wildman–Crippen LogP) is 1.32. The zero-order chi connectivity index (χ0) is 13.3. The molecule has 0 radical (unpaired) electrons. The summed E-state index contributed by atoms with van der Waals surface area (Å²) in [5.41, 5.74) is 1.10. The topological polar surface area (TPSA) is 50.4 Å². The fourth-order valence-corrected chi connectivity index (χ4v) is 2.23. The first-order valence-electron chi connectivity index (χ1n) is 6.93. The molecule has 0 spiro atoms. The predicted molar refractivity (Wildman–Crippen MR) is 74.7 cm³/mol. The third kappa shape index (κ3) is 5.41. The molecule has 0 aliphatic carbocycles. The minimum Gasteiger partial charge on any atom is -0.371 e. The first kappa shape index (κ1) is 14.0. The van der Waals surface area contributed by atoms with Crippen molar-refractivity contribution in [2.24, 2.45) is 5.92 Å². The molecule has 1 saturated heterocycles. The number of piperidine rings is 1. The largest absolute Gasteiger partial charge is 0.371 e. The van der Waals surface area contributed by atoms with Crippen molar-refractivity contribution in [3.8, 4) is 0 Å². The van der Waals surface area contributed by atoms with Gasteiger partial charge in [0, 0.05) is 13.1 Å². The molecule has 1 atom stereocenters. The van der Waals surface area contributed by atoms with Gasteiger partial charge in [-0.25, -0.2) is 0 Å². The van der Waals surface area contributed by atoms with Crippen molar-refractivity contribution in [3.63, 3.8) is 0 Å². The molecule has 0 saturated carbocycles. The van der Waals surface area contributed by atoms with Crippen LogP contribution in [0.4, 0.5) is 0 Å². The van der Waals surface area contributed by atoms with Gasteiger partial charge in [-0.15, -0.1) is 0 Å². The zero-order valence-electron chi connectivity index (χ0n) is 11.2. The van der Waals surface area contributed by atoms with E-state index in [1.165, 1.54) is 12.8 Å². The number of hydrogen-bond donors (Lipinski definition) is 2.